The fourth-order valence-corrected chi connectivity index (χ4v) is 1.53. The topological polar surface area (TPSA) is 38.9 Å². The van der Waals surface area contributed by atoms with Gasteiger partial charge in [0.2, 0.25) is 0 Å². The molecule has 0 amide bonds. The van der Waals surface area contributed by atoms with E-state index >= 15 is 0 Å². The van der Waals surface area contributed by atoms with Crippen molar-refractivity contribution in [1.82, 2.24) is 4.98 Å². The van der Waals surface area contributed by atoms with Crippen LogP contribution in [0, 0.1) is 5.92 Å². The van der Waals surface area contributed by atoms with Crippen LogP contribution in [0.5, 0.6) is 0 Å². The van der Waals surface area contributed by atoms with Crippen LogP contribution >= 0.6 is 0 Å². The summed E-state index contributed by atoms with van der Waals surface area (Å²) in [6, 6.07) is 4.17. The van der Waals surface area contributed by atoms with Crippen molar-refractivity contribution in [2.24, 2.45) is 11.7 Å². The SMILES string of the molecule is NCC1C[C@H]1c1ccncc1. The lowest BCUT2D eigenvalue weighted by Crippen LogP contribution is -2.01. The van der Waals surface area contributed by atoms with Crippen LogP contribution in [0.1, 0.15) is 17.9 Å². The van der Waals surface area contributed by atoms with Crippen LogP contribution in [0.25, 0.3) is 0 Å². The smallest absolute Gasteiger partial charge is 0.0270 e. The van der Waals surface area contributed by atoms with E-state index in [0.717, 1.165) is 18.4 Å². The maximum atomic E-state index is 5.55. The Hall–Kier alpha value is -0.890. The van der Waals surface area contributed by atoms with Crippen LogP contribution in [-0.4, -0.2) is 11.5 Å². The van der Waals surface area contributed by atoms with Gasteiger partial charge in [-0.1, -0.05) is 0 Å². The second-order valence-electron chi connectivity index (χ2n) is 3.12. The highest BCUT2D eigenvalue weighted by atomic mass is 14.6. The maximum Gasteiger partial charge on any atom is 0.0270 e. The fraction of sp³-hybridized carbons (Fsp3) is 0.444. The first-order valence-corrected chi connectivity index (χ1v) is 4.02. The van der Waals surface area contributed by atoms with Gasteiger partial charge in [0.05, 0.1) is 0 Å². The van der Waals surface area contributed by atoms with E-state index in [1.54, 1.807) is 0 Å². The highest BCUT2D eigenvalue weighted by molar-refractivity contribution is 5.23. The van der Waals surface area contributed by atoms with Crippen molar-refractivity contribution in [3.8, 4) is 0 Å². The summed E-state index contributed by atoms with van der Waals surface area (Å²) in [5, 5.41) is 0. The fourth-order valence-electron chi connectivity index (χ4n) is 1.53. The summed E-state index contributed by atoms with van der Waals surface area (Å²) < 4.78 is 0. The molecular weight excluding hydrogens is 136 g/mol. The summed E-state index contributed by atoms with van der Waals surface area (Å²) in [4.78, 5) is 3.98. The van der Waals surface area contributed by atoms with Gasteiger partial charge >= 0.3 is 0 Å². The van der Waals surface area contributed by atoms with Gasteiger partial charge in [-0.05, 0) is 42.5 Å². The third-order valence-electron chi connectivity index (χ3n) is 2.36. The molecule has 1 saturated carbocycles. The molecule has 0 radical (unpaired) electrons. The number of rotatable bonds is 2. The van der Waals surface area contributed by atoms with Crippen LogP contribution in [0.2, 0.25) is 0 Å². The van der Waals surface area contributed by atoms with Crippen LogP contribution in [0.15, 0.2) is 24.5 Å². The average molecular weight is 148 g/mol. The van der Waals surface area contributed by atoms with Crippen molar-refractivity contribution in [1.29, 1.82) is 0 Å². The zero-order chi connectivity index (χ0) is 7.68. The van der Waals surface area contributed by atoms with Crippen LogP contribution in [0.3, 0.4) is 0 Å². The molecule has 0 aliphatic heterocycles. The molecule has 2 atom stereocenters. The van der Waals surface area contributed by atoms with E-state index in [9.17, 15) is 0 Å². The van der Waals surface area contributed by atoms with Crippen molar-refractivity contribution >= 4 is 0 Å². The molecule has 1 aliphatic rings. The van der Waals surface area contributed by atoms with Gasteiger partial charge in [0.15, 0.2) is 0 Å². The Morgan fingerprint density at radius 1 is 1.45 bits per heavy atom. The quantitative estimate of drug-likeness (QED) is 0.683. The van der Waals surface area contributed by atoms with E-state index < -0.39 is 0 Å². The third-order valence-corrected chi connectivity index (χ3v) is 2.36. The number of hydrogen-bond acceptors (Lipinski definition) is 2. The molecule has 1 aromatic heterocycles. The van der Waals surface area contributed by atoms with Crippen molar-refractivity contribution in [2.45, 2.75) is 12.3 Å². The first-order valence-electron chi connectivity index (χ1n) is 4.02. The molecule has 2 N–H and O–H groups in total. The molecule has 0 aromatic carbocycles. The molecule has 11 heavy (non-hydrogen) atoms. The molecule has 2 heteroatoms. The minimum Gasteiger partial charge on any atom is -0.330 e. The van der Waals surface area contributed by atoms with Crippen molar-refractivity contribution in [3.05, 3.63) is 30.1 Å². The summed E-state index contributed by atoms with van der Waals surface area (Å²) in [5.41, 5.74) is 6.94. The molecular formula is C9H12N2. The highest BCUT2D eigenvalue weighted by Gasteiger charge is 2.36. The summed E-state index contributed by atoms with van der Waals surface area (Å²) in [7, 11) is 0. The largest absolute Gasteiger partial charge is 0.330 e. The molecule has 0 bridgehead atoms. The Balaban J connectivity index is 2.09. The van der Waals surface area contributed by atoms with Gasteiger partial charge in [0.1, 0.15) is 0 Å². The Bertz CT molecular complexity index is 233. The second kappa shape index (κ2) is 2.62. The van der Waals surface area contributed by atoms with Crippen molar-refractivity contribution in [2.75, 3.05) is 6.54 Å². The maximum absolute atomic E-state index is 5.55. The Morgan fingerprint density at radius 3 is 2.73 bits per heavy atom. The molecule has 1 aromatic rings. The van der Waals surface area contributed by atoms with Crippen LogP contribution < -0.4 is 5.73 Å². The molecule has 2 rings (SSSR count). The number of nitrogens with two attached hydrogens (primary N) is 1. The molecule has 2 nitrogen and oxygen atoms in total. The summed E-state index contributed by atoms with van der Waals surface area (Å²) in [6.45, 7) is 0.826. The second-order valence-corrected chi connectivity index (χ2v) is 3.12. The molecule has 1 unspecified atom stereocenters. The van der Waals surface area contributed by atoms with Crippen LogP contribution in [0.4, 0.5) is 0 Å². The van der Waals surface area contributed by atoms with Gasteiger partial charge in [0, 0.05) is 12.4 Å². The predicted molar refractivity (Wildman–Crippen MR) is 44.1 cm³/mol. The molecule has 0 saturated heterocycles. The minimum absolute atomic E-state index is 0.725. The molecule has 1 heterocycles. The molecule has 58 valence electrons. The van der Waals surface area contributed by atoms with E-state index in [1.165, 1.54) is 12.0 Å². The van der Waals surface area contributed by atoms with Crippen LogP contribution in [-0.2, 0) is 0 Å². The van der Waals surface area contributed by atoms with Gasteiger partial charge < -0.3 is 5.73 Å². The first kappa shape index (κ1) is 6.80. The first-order chi connectivity index (χ1) is 5.42. The monoisotopic (exact) mass is 148 g/mol. The molecule has 0 spiro atoms. The third kappa shape index (κ3) is 1.26. The Labute approximate surface area is 66.4 Å². The van der Waals surface area contributed by atoms with E-state index in [0.29, 0.717) is 0 Å². The predicted octanol–water partition coefficient (Wildman–Crippen LogP) is 1.14. The van der Waals surface area contributed by atoms with Gasteiger partial charge in [-0.25, -0.2) is 0 Å². The molecule has 1 aliphatic carbocycles. The van der Waals surface area contributed by atoms with Crippen molar-refractivity contribution in [3.63, 3.8) is 0 Å². The zero-order valence-electron chi connectivity index (χ0n) is 6.40. The summed E-state index contributed by atoms with van der Waals surface area (Å²) >= 11 is 0. The lowest BCUT2D eigenvalue weighted by molar-refractivity contribution is 0.809. The Kier molecular flexibility index (Phi) is 1.62. The van der Waals surface area contributed by atoms with E-state index in [-0.39, 0.29) is 0 Å². The van der Waals surface area contributed by atoms with Gasteiger partial charge in [-0.2, -0.15) is 0 Å². The van der Waals surface area contributed by atoms with Gasteiger partial charge in [0.25, 0.3) is 0 Å². The van der Waals surface area contributed by atoms with Gasteiger partial charge in [-0.15, -0.1) is 0 Å². The normalized spacial score (nSPS) is 28.5. The lowest BCUT2D eigenvalue weighted by Gasteiger charge is -1.95. The number of hydrogen-bond donors (Lipinski definition) is 1. The van der Waals surface area contributed by atoms with Crippen molar-refractivity contribution < 1.29 is 0 Å². The summed E-state index contributed by atoms with van der Waals surface area (Å²) in [5.74, 6) is 1.46. The van der Waals surface area contributed by atoms with E-state index in [1.807, 2.05) is 12.4 Å². The van der Waals surface area contributed by atoms with Gasteiger partial charge in [-0.3, -0.25) is 4.98 Å². The standard InChI is InChI=1S/C9H12N2/c10-6-8-5-9(8)7-1-3-11-4-2-7/h1-4,8-9H,5-6,10H2/t8?,9-/m0/s1. The lowest BCUT2D eigenvalue weighted by atomic mass is 10.1. The highest BCUT2D eigenvalue weighted by Crippen LogP contribution is 2.46. The van der Waals surface area contributed by atoms with E-state index in [4.69, 9.17) is 5.73 Å². The summed E-state index contributed by atoms with van der Waals surface area (Å²) in [6.07, 6.45) is 4.96. The number of pyridine rings is 1. The Morgan fingerprint density at radius 2 is 2.18 bits per heavy atom. The number of nitrogens with zero attached hydrogens (tertiary/aromatic N) is 1. The number of aromatic nitrogens is 1. The minimum atomic E-state index is 0.725. The average Bonchev–Trinajstić information content (AvgIpc) is 2.85. The zero-order valence-corrected chi connectivity index (χ0v) is 6.40. The molecule has 1 fully saturated rings. The van der Waals surface area contributed by atoms with E-state index in [2.05, 4.69) is 17.1 Å².